The maximum Gasteiger partial charge on any atom is 0.0379 e. The zero-order valence-corrected chi connectivity index (χ0v) is 25.5. The predicted molar refractivity (Wildman–Crippen MR) is 137 cm³/mol. The van der Waals surface area contributed by atoms with Gasteiger partial charge in [0.1, 0.15) is 0 Å². The van der Waals surface area contributed by atoms with Crippen molar-refractivity contribution in [3.05, 3.63) is 40.3 Å². The first kappa shape index (κ1) is 28.8. The Kier molecular flexibility index (Phi) is 15.2. The number of benzene rings is 1. The van der Waals surface area contributed by atoms with Gasteiger partial charge in [-0.15, -0.1) is 0 Å². The number of allylic oxidation sites excluding steroid dienone is 1. The smallest absolute Gasteiger partial charge is 0.0379 e. The van der Waals surface area contributed by atoms with Crippen molar-refractivity contribution in [2.75, 3.05) is 0 Å². The van der Waals surface area contributed by atoms with Gasteiger partial charge in [0.25, 0.3) is 0 Å². The van der Waals surface area contributed by atoms with Crippen LogP contribution in [-0.2, 0) is 0 Å². The van der Waals surface area contributed by atoms with E-state index in [-0.39, 0.29) is 23.0 Å². The van der Waals surface area contributed by atoms with Gasteiger partial charge < -0.3 is 0 Å². The molecule has 0 N–H and O–H groups in total. The van der Waals surface area contributed by atoms with Crippen molar-refractivity contribution < 1.29 is 0 Å². The average Bonchev–Trinajstić information content (AvgIpc) is 2.42. The predicted octanol–water partition coefficient (Wildman–Crippen LogP) is 7.82. The standard InChI is InChI=1S/C15H24GePSi.2C3H9Si/c1-15(2,3)14(16)13(17-18(4,5)6)12-10-8-7-9-11-12;2*1-4(2)3/h7-11,17H,1-6H3;2*1-3H3/b14-13-;;. The fraction of sp³-hybridized carbons (Fsp3) is 0.619. The van der Waals surface area contributed by atoms with Gasteiger partial charge in [-0.25, -0.2) is 0 Å². The number of rotatable bonds is 3. The molecule has 0 nitrogen and oxygen atoms in total. The molecule has 1 aromatic carbocycles. The van der Waals surface area contributed by atoms with Gasteiger partial charge in [-0.3, -0.25) is 0 Å². The third-order valence-corrected chi connectivity index (χ3v) is 9.72. The maximum atomic E-state index is 2.46. The van der Waals surface area contributed by atoms with E-state index in [1.807, 2.05) is 0 Å². The van der Waals surface area contributed by atoms with Crippen LogP contribution in [0.15, 0.2) is 34.7 Å². The van der Waals surface area contributed by atoms with Crippen LogP contribution in [0.3, 0.4) is 0 Å². The molecule has 1 aromatic rings. The molecule has 0 aromatic heterocycles. The van der Waals surface area contributed by atoms with Gasteiger partial charge in [-0.2, -0.15) is 0 Å². The van der Waals surface area contributed by atoms with E-state index in [1.54, 1.807) is 9.72 Å². The summed E-state index contributed by atoms with van der Waals surface area (Å²) in [7, 11) is 0.149. The molecule has 0 saturated heterocycles. The van der Waals surface area contributed by atoms with Crippen LogP contribution in [0.25, 0.3) is 5.31 Å². The molecule has 1 unspecified atom stereocenters. The first-order valence-electron chi connectivity index (χ1n) is 9.41. The number of hydrogen-bond acceptors (Lipinski definition) is 0. The molecule has 0 bridgehead atoms. The Hall–Kier alpha value is 0.584. The molecule has 0 fully saturated rings. The van der Waals surface area contributed by atoms with Gasteiger partial charge in [0.2, 0.25) is 0 Å². The largest absolute Gasteiger partial charge is 0.0715 e. The molecule has 0 heterocycles. The van der Waals surface area contributed by atoms with Crippen LogP contribution in [0, 0.1) is 5.41 Å². The molecule has 1 rings (SSSR count). The van der Waals surface area contributed by atoms with Crippen molar-refractivity contribution >= 4 is 55.3 Å². The third-order valence-electron chi connectivity index (χ3n) is 2.56. The summed E-state index contributed by atoms with van der Waals surface area (Å²) in [4.78, 5) is 0. The zero-order chi connectivity index (χ0) is 21.1. The van der Waals surface area contributed by atoms with E-state index in [9.17, 15) is 0 Å². The van der Waals surface area contributed by atoms with Gasteiger partial charge in [-0.1, -0.05) is 39.3 Å². The number of hydrogen-bond donors (Lipinski definition) is 0. The van der Waals surface area contributed by atoms with E-state index >= 15 is 0 Å². The minimum Gasteiger partial charge on any atom is -0.0715 e. The molecule has 0 spiro atoms. The monoisotopic (exact) mass is 483 g/mol. The minimum atomic E-state index is -1.07. The fourth-order valence-corrected chi connectivity index (χ4v) is 7.74. The molecule has 0 aliphatic rings. The summed E-state index contributed by atoms with van der Waals surface area (Å²) in [6.07, 6.45) is 0. The average molecular weight is 482 g/mol. The summed E-state index contributed by atoms with van der Waals surface area (Å²) in [5, 5.41) is 1.60. The van der Waals surface area contributed by atoms with E-state index in [4.69, 9.17) is 0 Å². The second-order valence-corrected chi connectivity index (χ2v) is 27.3. The van der Waals surface area contributed by atoms with Crippen molar-refractivity contribution in [1.29, 1.82) is 0 Å². The summed E-state index contributed by atoms with van der Waals surface area (Å²) < 4.78 is 1.55. The van der Waals surface area contributed by atoms with Crippen molar-refractivity contribution in [3.8, 4) is 0 Å². The van der Waals surface area contributed by atoms with E-state index in [0.717, 1.165) is 8.13 Å². The first-order chi connectivity index (χ1) is 11.6. The first-order valence-corrected chi connectivity index (χ1v) is 22.0. The molecule has 0 amide bonds. The van der Waals surface area contributed by atoms with E-state index in [1.165, 1.54) is 5.56 Å². The summed E-state index contributed by atoms with van der Waals surface area (Å²) in [5.41, 5.74) is 1.68. The van der Waals surface area contributed by atoms with Crippen molar-refractivity contribution in [3.63, 3.8) is 0 Å². The van der Waals surface area contributed by atoms with Crippen molar-refractivity contribution in [1.82, 2.24) is 0 Å². The van der Waals surface area contributed by atoms with Gasteiger partial charge in [0.15, 0.2) is 0 Å². The van der Waals surface area contributed by atoms with Crippen molar-refractivity contribution in [2.45, 2.75) is 79.7 Å². The Morgan fingerprint density at radius 3 is 1.46 bits per heavy atom. The zero-order valence-electron chi connectivity index (χ0n) is 19.4. The van der Waals surface area contributed by atoms with Crippen molar-refractivity contribution in [2.24, 2.45) is 5.41 Å². The molecule has 0 saturated carbocycles. The van der Waals surface area contributed by atoms with Crippen LogP contribution in [0.5, 0.6) is 0 Å². The van der Waals surface area contributed by atoms with Gasteiger partial charge in [0.05, 0.1) is 0 Å². The summed E-state index contributed by atoms with van der Waals surface area (Å²) in [6, 6.07) is 10.9. The normalized spacial score (nSPS) is 13.2. The Morgan fingerprint density at radius 2 is 1.19 bits per heavy atom. The molecule has 0 aliphatic carbocycles. The van der Waals surface area contributed by atoms with Crippen LogP contribution in [0.4, 0.5) is 0 Å². The molecular weight excluding hydrogens is 440 g/mol. The van der Waals surface area contributed by atoms with Crippen LogP contribution >= 0.6 is 8.13 Å². The van der Waals surface area contributed by atoms with Crippen LogP contribution in [0.1, 0.15) is 26.3 Å². The van der Waals surface area contributed by atoms with E-state index in [0.29, 0.717) is 0 Å². The molecule has 26 heavy (non-hydrogen) atoms. The molecule has 0 aliphatic heterocycles. The fourth-order valence-electron chi connectivity index (χ4n) is 1.63. The molecule has 1 atom stereocenters. The van der Waals surface area contributed by atoms with E-state index in [2.05, 4.69) is 127 Å². The Labute approximate surface area is 180 Å². The Morgan fingerprint density at radius 1 is 0.846 bits per heavy atom. The Bertz CT molecular complexity index is 501. The van der Waals surface area contributed by atoms with Gasteiger partial charge in [-0.05, 0) is 0 Å². The summed E-state index contributed by atoms with van der Waals surface area (Å²) >= 11 is 2.31. The second kappa shape index (κ2) is 13.7. The second-order valence-electron chi connectivity index (χ2n) is 9.74. The van der Waals surface area contributed by atoms with Gasteiger partial charge in [0, 0.05) is 17.6 Å². The van der Waals surface area contributed by atoms with E-state index < -0.39 is 7.74 Å². The third kappa shape index (κ3) is 18.0. The van der Waals surface area contributed by atoms with Crippen LogP contribution in [-0.4, -0.2) is 41.8 Å². The molecule has 5 heteroatoms. The molecule has 5 radical (unpaired) electrons. The SMILES string of the molecule is CC(C)(C)/[C]([Ge])=C(/P[Si](C)(C)C)c1ccccc1.C[Si](C)C.C[Si](C)C. The molecular formula is C21H42GePSi3. The maximum absolute atomic E-state index is 2.46. The summed E-state index contributed by atoms with van der Waals surface area (Å²) in [5.74, 6) is 0. The quantitative estimate of drug-likeness (QED) is 0.304. The van der Waals surface area contributed by atoms with Crippen LogP contribution in [0.2, 0.25) is 58.9 Å². The Balaban J connectivity index is 0. The van der Waals surface area contributed by atoms with Gasteiger partial charge >= 0.3 is 124 Å². The van der Waals surface area contributed by atoms with Crippen LogP contribution < -0.4 is 0 Å². The topological polar surface area (TPSA) is 0 Å². The molecule has 147 valence electrons. The minimum absolute atomic E-state index is 0.120. The summed E-state index contributed by atoms with van der Waals surface area (Å²) in [6.45, 7) is 28.0.